The molecule has 0 unspecified atom stereocenters. The van der Waals surface area contributed by atoms with Crippen LogP contribution in [0.1, 0.15) is 6.42 Å². The average Bonchev–Trinajstić information content (AvgIpc) is 2.48. The molecule has 0 aromatic rings. The van der Waals surface area contributed by atoms with Crippen molar-refractivity contribution in [2.45, 2.75) is 12.5 Å². The van der Waals surface area contributed by atoms with E-state index >= 15 is 0 Å². The van der Waals surface area contributed by atoms with Gasteiger partial charge in [-0.2, -0.15) is 0 Å². The van der Waals surface area contributed by atoms with Gasteiger partial charge >= 0.3 is 0 Å². The standard InChI is InChI=1S/C8H14N2O2.ClH/c1-10(12-2)8(11)6-4-3-5-7(6)9;/h3,5-7H,4,9H2,1-2H3;1H/t6-,7+;/m1./s1. The van der Waals surface area contributed by atoms with Crippen LogP contribution in [0.4, 0.5) is 0 Å². The van der Waals surface area contributed by atoms with Crippen LogP contribution in [0, 0.1) is 5.92 Å². The highest BCUT2D eigenvalue weighted by atomic mass is 35.5. The number of allylic oxidation sites excluding steroid dienone is 1. The molecular formula is C8H15ClN2O2. The van der Waals surface area contributed by atoms with Crippen molar-refractivity contribution >= 4 is 18.3 Å². The Morgan fingerprint density at radius 3 is 2.69 bits per heavy atom. The van der Waals surface area contributed by atoms with Gasteiger partial charge in [-0.25, -0.2) is 5.06 Å². The number of halogens is 1. The predicted octanol–water partition coefficient (Wildman–Crippen LogP) is 0.331. The van der Waals surface area contributed by atoms with Crippen LogP contribution in [0.25, 0.3) is 0 Å². The molecule has 1 aliphatic carbocycles. The second kappa shape index (κ2) is 5.21. The summed E-state index contributed by atoms with van der Waals surface area (Å²) in [5.74, 6) is -0.204. The van der Waals surface area contributed by atoms with Crippen LogP contribution in [0.2, 0.25) is 0 Å². The topological polar surface area (TPSA) is 55.6 Å². The van der Waals surface area contributed by atoms with E-state index in [1.165, 1.54) is 12.2 Å². The van der Waals surface area contributed by atoms with Crippen LogP contribution in [-0.2, 0) is 9.63 Å². The lowest BCUT2D eigenvalue weighted by Crippen LogP contribution is -2.39. The van der Waals surface area contributed by atoms with E-state index in [-0.39, 0.29) is 30.3 Å². The second-order valence-electron chi connectivity index (χ2n) is 2.87. The summed E-state index contributed by atoms with van der Waals surface area (Å²) in [4.78, 5) is 16.2. The third kappa shape index (κ3) is 2.69. The van der Waals surface area contributed by atoms with E-state index in [0.29, 0.717) is 6.42 Å². The molecule has 0 radical (unpaired) electrons. The van der Waals surface area contributed by atoms with Crippen LogP contribution >= 0.6 is 12.4 Å². The van der Waals surface area contributed by atoms with Gasteiger partial charge in [0.05, 0.1) is 13.0 Å². The Morgan fingerprint density at radius 1 is 1.69 bits per heavy atom. The van der Waals surface area contributed by atoms with Gasteiger partial charge in [-0.15, -0.1) is 12.4 Å². The van der Waals surface area contributed by atoms with Crippen molar-refractivity contribution in [1.29, 1.82) is 0 Å². The number of nitrogens with two attached hydrogens (primary N) is 1. The lowest BCUT2D eigenvalue weighted by Gasteiger charge is -2.20. The summed E-state index contributed by atoms with van der Waals surface area (Å²) in [7, 11) is 3.05. The summed E-state index contributed by atoms with van der Waals surface area (Å²) in [6.45, 7) is 0. The second-order valence-corrected chi connectivity index (χ2v) is 2.87. The molecule has 13 heavy (non-hydrogen) atoms. The van der Waals surface area contributed by atoms with Crippen molar-refractivity contribution in [3.05, 3.63) is 12.2 Å². The minimum atomic E-state index is -0.157. The molecule has 1 amide bonds. The summed E-state index contributed by atoms with van der Waals surface area (Å²) in [6.07, 6.45) is 4.50. The number of amides is 1. The first-order chi connectivity index (χ1) is 5.66. The highest BCUT2D eigenvalue weighted by Crippen LogP contribution is 2.18. The zero-order valence-electron chi connectivity index (χ0n) is 7.77. The minimum absolute atomic E-state index is 0. The summed E-state index contributed by atoms with van der Waals surface area (Å²) >= 11 is 0. The van der Waals surface area contributed by atoms with Crippen LogP contribution in [0.5, 0.6) is 0 Å². The fourth-order valence-corrected chi connectivity index (χ4v) is 1.26. The van der Waals surface area contributed by atoms with Crippen molar-refractivity contribution in [3.63, 3.8) is 0 Å². The molecule has 0 spiro atoms. The highest BCUT2D eigenvalue weighted by Gasteiger charge is 2.28. The first-order valence-electron chi connectivity index (χ1n) is 3.90. The highest BCUT2D eigenvalue weighted by molar-refractivity contribution is 5.85. The Bertz CT molecular complexity index is 208. The van der Waals surface area contributed by atoms with Crippen molar-refractivity contribution in [3.8, 4) is 0 Å². The number of carbonyl (C=O) groups excluding carboxylic acids is 1. The van der Waals surface area contributed by atoms with E-state index in [9.17, 15) is 4.79 Å². The quantitative estimate of drug-likeness (QED) is 0.524. The van der Waals surface area contributed by atoms with E-state index in [1.54, 1.807) is 7.05 Å². The molecule has 0 fully saturated rings. The summed E-state index contributed by atoms with van der Waals surface area (Å²) in [6, 6.07) is -0.157. The molecule has 2 atom stereocenters. The van der Waals surface area contributed by atoms with Crippen LogP contribution in [0.3, 0.4) is 0 Å². The fraction of sp³-hybridized carbons (Fsp3) is 0.625. The lowest BCUT2D eigenvalue weighted by atomic mass is 10.0. The first-order valence-corrected chi connectivity index (χ1v) is 3.90. The van der Waals surface area contributed by atoms with Gasteiger partial charge in [0.15, 0.2) is 0 Å². The van der Waals surface area contributed by atoms with Gasteiger partial charge in [0.2, 0.25) is 0 Å². The number of hydroxylamine groups is 2. The molecule has 1 aliphatic rings. The molecule has 2 N–H and O–H groups in total. The number of carbonyl (C=O) groups is 1. The van der Waals surface area contributed by atoms with E-state index in [1.807, 2.05) is 12.2 Å². The zero-order valence-corrected chi connectivity index (χ0v) is 8.58. The van der Waals surface area contributed by atoms with Gasteiger partial charge in [0.1, 0.15) is 0 Å². The van der Waals surface area contributed by atoms with Crippen molar-refractivity contribution in [2.24, 2.45) is 11.7 Å². The Kier molecular flexibility index (Phi) is 4.98. The van der Waals surface area contributed by atoms with Gasteiger partial charge in [-0.3, -0.25) is 9.63 Å². The van der Waals surface area contributed by atoms with E-state index in [4.69, 9.17) is 10.6 Å². The molecule has 0 bridgehead atoms. The Balaban J connectivity index is 0.00000144. The Labute approximate surface area is 84.1 Å². The van der Waals surface area contributed by atoms with Gasteiger partial charge in [0, 0.05) is 13.1 Å². The number of nitrogens with zero attached hydrogens (tertiary/aromatic N) is 1. The molecule has 0 saturated heterocycles. The molecule has 76 valence electrons. The van der Waals surface area contributed by atoms with Gasteiger partial charge < -0.3 is 5.73 Å². The Morgan fingerprint density at radius 2 is 2.31 bits per heavy atom. The van der Waals surface area contributed by atoms with Crippen LogP contribution in [-0.4, -0.2) is 31.2 Å². The lowest BCUT2D eigenvalue weighted by molar-refractivity contribution is -0.173. The normalized spacial score (nSPS) is 25.5. The molecule has 0 aromatic heterocycles. The fourth-order valence-electron chi connectivity index (χ4n) is 1.26. The van der Waals surface area contributed by atoms with E-state index in [0.717, 1.165) is 0 Å². The van der Waals surface area contributed by atoms with Crippen LogP contribution < -0.4 is 5.73 Å². The van der Waals surface area contributed by atoms with Gasteiger partial charge in [0.25, 0.3) is 5.91 Å². The molecule has 4 nitrogen and oxygen atoms in total. The molecule has 0 aliphatic heterocycles. The monoisotopic (exact) mass is 206 g/mol. The van der Waals surface area contributed by atoms with Crippen molar-refractivity contribution < 1.29 is 9.63 Å². The Hall–Kier alpha value is -0.580. The van der Waals surface area contributed by atoms with Crippen molar-refractivity contribution in [2.75, 3.05) is 14.2 Å². The predicted molar refractivity (Wildman–Crippen MR) is 52.2 cm³/mol. The van der Waals surface area contributed by atoms with E-state index in [2.05, 4.69) is 0 Å². The molecule has 0 aromatic carbocycles. The SMILES string of the molecule is CON(C)C(=O)[C@@H]1CC=C[C@@H]1N.Cl. The number of rotatable bonds is 2. The van der Waals surface area contributed by atoms with E-state index < -0.39 is 0 Å². The minimum Gasteiger partial charge on any atom is -0.324 e. The van der Waals surface area contributed by atoms with Gasteiger partial charge in [-0.1, -0.05) is 12.2 Å². The molecule has 1 rings (SSSR count). The summed E-state index contributed by atoms with van der Waals surface area (Å²) in [5, 5.41) is 1.22. The molecule has 0 saturated carbocycles. The number of hydrogen-bond donors (Lipinski definition) is 1. The third-order valence-electron chi connectivity index (χ3n) is 2.11. The third-order valence-corrected chi connectivity index (χ3v) is 2.11. The van der Waals surface area contributed by atoms with Crippen molar-refractivity contribution in [1.82, 2.24) is 5.06 Å². The molecule has 5 heteroatoms. The smallest absolute Gasteiger partial charge is 0.251 e. The van der Waals surface area contributed by atoms with Crippen LogP contribution in [0.15, 0.2) is 12.2 Å². The zero-order chi connectivity index (χ0) is 9.14. The maximum atomic E-state index is 11.5. The maximum absolute atomic E-state index is 11.5. The summed E-state index contributed by atoms with van der Waals surface area (Å²) < 4.78 is 0. The molecule has 0 heterocycles. The van der Waals surface area contributed by atoms with Gasteiger partial charge in [-0.05, 0) is 6.42 Å². The largest absolute Gasteiger partial charge is 0.324 e. The number of hydrogen-bond acceptors (Lipinski definition) is 3. The summed E-state index contributed by atoms with van der Waals surface area (Å²) in [5.41, 5.74) is 5.68. The average molecular weight is 207 g/mol. The maximum Gasteiger partial charge on any atom is 0.251 e. The molecular weight excluding hydrogens is 192 g/mol. The first kappa shape index (κ1) is 12.4.